The molecule has 35 heavy (non-hydrogen) atoms. The van der Waals surface area contributed by atoms with E-state index >= 15 is 0 Å². The smallest absolute Gasteiger partial charge is 0.227 e. The molecular weight excluding hydrogens is 484 g/mol. The number of halogens is 1. The first-order chi connectivity index (χ1) is 17.0. The van der Waals surface area contributed by atoms with Gasteiger partial charge in [0.25, 0.3) is 0 Å². The first-order valence-corrected chi connectivity index (χ1v) is 14.3. The number of aliphatic hydroxyl groups is 1. The molecule has 186 valence electrons. The maximum atomic E-state index is 13.1. The molecule has 1 atom stereocenters. The van der Waals surface area contributed by atoms with Gasteiger partial charge in [0.05, 0.1) is 33.7 Å². The standard InChI is InChI=1S/C25H31ClN6O2S/c26-18-12-27-21(28-13-18)17-5-9-24(10-6-17)14-32(15-24)23-29-19-4-1-2-11-35(34)20(19)22(30-23)31-25(16-33)7-3-8-25/h5,12-13,33H,1-4,6-11,14-16H2,(H,29,30,31). The normalized spacial score (nSPS) is 24.6. The average molecular weight is 515 g/mol. The molecule has 0 amide bonds. The molecule has 0 radical (unpaired) electrons. The van der Waals surface area contributed by atoms with Gasteiger partial charge in [-0.3, -0.25) is 4.21 Å². The second kappa shape index (κ2) is 9.09. The first-order valence-electron chi connectivity index (χ1n) is 12.6. The highest BCUT2D eigenvalue weighted by atomic mass is 35.5. The molecule has 1 saturated heterocycles. The Bertz CT molecular complexity index is 1170. The lowest BCUT2D eigenvalue weighted by atomic mass is 9.69. The minimum Gasteiger partial charge on any atom is -0.394 e. The Hall–Kier alpha value is -2.10. The van der Waals surface area contributed by atoms with Gasteiger partial charge in [0.1, 0.15) is 10.7 Å². The van der Waals surface area contributed by atoms with Crippen LogP contribution in [0.25, 0.3) is 5.57 Å². The van der Waals surface area contributed by atoms with E-state index in [-0.39, 0.29) is 17.6 Å². The fraction of sp³-hybridized carbons (Fsp3) is 0.600. The van der Waals surface area contributed by atoms with Crippen LogP contribution in [0.4, 0.5) is 11.8 Å². The third-order valence-corrected chi connectivity index (χ3v) is 9.83. The van der Waals surface area contributed by atoms with Crippen molar-refractivity contribution in [1.82, 2.24) is 19.9 Å². The van der Waals surface area contributed by atoms with Gasteiger partial charge in [0, 0.05) is 36.7 Å². The zero-order valence-corrected chi connectivity index (χ0v) is 21.4. The Morgan fingerprint density at radius 2 is 1.89 bits per heavy atom. The van der Waals surface area contributed by atoms with E-state index in [4.69, 9.17) is 21.6 Å². The second-order valence-electron chi connectivity index (χ2n) is 10.6. The summed E-state index contributed by atoms with van der Waals surface area (Å²) in [7, 11) is -1.11. The van der Waals surface area contributed by atoms with E-state index in [0.29, 0.717) is 16.6 Å². The van der Waals surface area contributed by atoms with E-state index < -0.39 is 10.8 Å². The van der Waals surface area contributed by atoms with Crippen molar-refractivity contribution in [1.29, 1.82) is 0 Å². The summed E-state index contributed by atoms with van der Waals surface area (Å²) in [5, 5.41) is 14.1. The molecule has 1 saturated carbocycles. The third kappa shape index (κ3) is 4.36. The van der Waals surface area contributed by atoms with E-state index in [1.165, 1.54) is 5.57 Å². The molecule has 6 rings (SSSR count). The number of fused-ring (bicyclic) bond motifs is 1. The summed E-state index contributed by atoms with van der Waals surface area (Å²) in [4.78, 5) is 21.6. The fourth-order valence-corrected chi connectivity index (χ4v) is 7.23. The number of aliphatic hydroxyl groups excluding tert-OH is 1. The van der Waals surface area contributed by atoms with Crippen LogP contribution in [0.2, 0.25) is 5.02 Å². The maximum absolute atomic E-state index is 13.1. The number of aromatic nitrogens is 4. The van der Waals surface area contributed by atoms with E-state index in [1.54, 1.807) is 12.4 Å². The van der Waals surface area contributed by atoms with Crippen LogP contribution in [0.15, 0.2) is 23.4 Å². The van der Waals surface area contributed by atoms with Gasteiger partial charge in [0.2, 0.25) is 5.95 Å². The Morgan fingerprint density at radius 3 is 2.54 bits per heavy atom. The molecule has 2 aliphatic carbocycles. The van der Waals surface area contributed by atoms with Crippen LogP contribution in [0.5, 0.6) is 0 Å². The highest BCUT2D eigenvalue weighted by Crippen LogP contribution is 2.46. The van der Waals surface area contributed by atoms with Gasteiger partial charge in [-0.25, -0.2) is 15.0 Å². The number of aryl methyl sites for hydroxylation is 1. The van der Waals surface area contributed by atoms with Gasteiger partial charge >= 0.3 is 0 Å². The van der Waals surface area contributed by atoms with Crippen molar-refractivity contribution >= 4 is 39.7 Å². The molecule has 2 aliphatic heterocycles. The summed E-state index contributed by atoms with van der Waals surface area (Å²) in [6, 6.07) is 0. The molecule has 4 heterocycles. The van der Waals surface area contributed by atoms with Crippen LogP contribution in [0, 0.1) is 5.41 Å². The molecule has 4 aliphatic rings. The summed E-state index contributed by atoms with van der Waals surface area (Å²) < 4.78 is 13.1. The summed E-state index contributed by atoms with van der Waals surface area (Å²) in [6.45, 7) is 1.88. The molecule has 1 spiro atoms. The molecule has 1 unspecified atom stereocenters. The second-order valence-corrected chi connectivity index (χ2v) is 12.5. The molecule has 0 aromatic carbocycles. The summed E-state index contributed by atoms with van der Waals surface area (Å²) in [5.41, 5.74) is 1.98. The molecule has 2 N–H and O–H groups in total. The van der Waals surface area contributed by atoms with Crippen molar-refractivity contribution in [3.05, 3.63) is 35.0 Å². The van der Waals surface area contributed by atoms with E-state index in [9.17, 15) is 9.32 Å². The molecule has 8 nitrogen and oxygen atoms in total. The third-order valence-electron chi connectivity index (χ3n) is 8.09. The quantitative estimate of drug-likeness (QED) is 0.621. The minimum absolute atomic E-state index is 0.0621. The number of nitrogens with zero attached hydrogens (tertiary/aromatic N) is 5. The Kier molecular flexibility index (Phi) is 6.05. The van der Waals surface area contributed by atoms with E-state index in [1.807, 2.05) is 0 Å². The number of anilines is 2. The Balaban J connectivity index is 1.22. The fourth-order valence-electron chi connectivity index (χ4n) is 5.74. The van der Waals surface area contributed by atoms with Gasteiger partial charge in [-0.1, -0.05) is 17.7 Å². The van der Waals surface area contributed by atoms with E-state index in [2.05, 4.69) is 26.3 Å². The lowest BCUT2D eigenvalue weighted by Gasteiger charge is -2.52. The van der Waals surface area contributed by atoms with Gasteiger partial charge < -0.3 is 15.3 Å². The van der Waals surface area contributed by atoms with Crippen LogP contribution in [0.1, 0.15) is 62.9 Å². The average Bonchev–Trinajstić information content (AvgIpc) is 3.01. The molecule has 2 aromatic rings. The molecule has 10 heteroatoms. The van der Waals surface area contributed by atoms with Crippen LogP contribution >= 0.6 is 11.6 Å². The zero-order chi connectivity index (χ0) is 24.0. The van der Waals surface area contributed by atoms with Crippen LogP contribution < -0.4 is 10.2 Å². The monoisotopic (exact) mass is 514 g/mol. The molecule has 2 aromatic heterocycles. The largest absolute Gasteiger partial charge is 0.394 e. The van der Waals surface area contributed by atoms with Crippen molar-refractivity contribution in [2.24, 2.45) is 5.41 Å². The number of hydrogen-bond acceptors (Lipinski definition) is 8. The summed E-state index contributed by atoms with van der Waals surface area (Å²) in [5.74, 6) is 2.81. The lowest BCUT2D eigenvalue weighted by Crippen LogP contribution is -2.57. The Morgan fingerprint density at radius 1 is 1.09 bits per heavy atom. The SMILES string of the molecule is O=S1CCCCc2nc(N3CC4(CC=C(c5ncc(Cl)cn5)CC4)C3)nc(NC3(CO)CCC3)c21. The number of allylic oxidation sites excluding steroid dienone is 2. The topological polar surface area (TPSA) is 104 Å². The number of nitrogens with one attached hydrogen (secondary N) is 1. The minimum atomic E-state index is -1.11. The molecule has 2 fully saturated rings. The number of rotatable bonds is 5. The van der Waals surface area contributed by atoms with Crippen molar-refractivity contribution < 1.29 is 9.32 Å². The maximum Gasteiger partial charge on any atom is 0.227 e. The highest BCUT2D eigenvalue weighted by molar-refractivity contribution is 7.85. The van der Waals surface area contributed by atoms with Gasteiger partial charge in [-0.05, 0) is 63.4 Å². The zero-order valence-electron chi connectivity index (χ0n) is 19.8. The van der Waals surface area contributed by atoms with Gasteiger partial charge in [0.15, 0.2) is 5.82 Å². The van der Waals surface area contributed by atoms with Crippen molar-refractivity contribution in [2.75, 3.05) is 35.7 Å². The van der Waals surface area contributed by atoms with Gasteiger partial charge in [-0.15, -0.1) is 0 Å². The summed E-state index contributed by atoms with van der Waals surface area (Å²) >= 11 is 5.93. The van der Waals surface area contributed by atoms with Crippen molar-refractivity contribution in [3.8, 4) is 0 Å². The lowest BCUT2D eigenvalue weighted by molar-refractivity contribution is 0.143. The Labute approximate surface area is 213 Å². The van der Waals surface area contributed by atoms with Crippen molar-refractivity contribution in [3.63, 3.8) is 0 Å². The predicted molar refractivity (Wildman–Crippen MR) is 137 cm³/mol. The number of hydrogen-bond donors (Lipinski definition) is 2. The van der Waals surface area contributed by atoms with Crippen LogP contribution in [0.3, 0.4) is 0 Å². The predicted octanol–water partition coefficient (Wildman–Crippen LogP) is 3.76. The summed E-state index contributed by atoms with van der Waals surface area (Å²) in [6.07, 6.45) is 14.2. The van der Waals surface area contributed by atoms with Gasteiger partial charge in [-0.2, -0.15) is 4.98 Å². The van der Waals surface area contributed by atoms with Crippen LogP contribution in [-0.2, 0) is 17.2 Å². The van der Waals surface area contributed by atoms with Crippen molar-refractivity contribution in [2.45, 2.75) is 68.2 Å². The highest BCUT2D eigenvalue weighted by Gasteiger charge is 2.45. The molecule has 0 bridgehead atoms. The van der Waals surface area contributed by atoms with Crippen LogP contribution in [-0.4, -0.2) is 60.2 Å². The molecular formula is C25H31ClN6O2S. The van der Waals surface area contributed by atoms with E-state index in [0.717, 1.165) is 93.2 Å². The first kappa shape index (κ1) is 23.3.